The number of aromatic nitrogens is 2. The van der Waals surface area contributed by atoms with Crippen molar-refractivity contribution >= 4 is 29.2 Å². The molecule has 7 nitrogen and oxygen atoms in total. The molecule has 0 atom stereocenters. The van der Waals surface area contributed by atoms with Gasteiger partial charge in [0.2, 0.25) is 5.95 Å². The Balaban J connectivity index is 1.73. The van der Waals surface area contributed by atoms with Crippen LogP contribution in [-0.2, 0) is 4.74 Å². The number of aryl methyl sites for hydroxylation is 2. The van der Waals surface area contributed by atoms with Crippen molar-refractivity contribution in [2.24, 2.45) is 0 Å². The Morgan fingerprint density at radius 2 is 1.72 bits per heavy atom. The number of esters is 1. The molecule has 29 heavy (non-hydrogen) atoms. The third-order valence-electron chi connectivity index (χ3n) is 4.01. The van der Waals surface area contributed by atoms with Crippen LogP contribution in [0.2, 0.25) is 0 Å². The zero-order valence-electron chi connectivity index (χ0n) is 16.5. The first kappa shape index (κ1) is 20.0. The van der Waals surface area contributed by atoms with Gasteiger partial charge < -0.3 is 15.4 Å². The minimum atomic E-state index is -0.399. The molecule has 2 aromatic carbocycles. The smallest absolute Gasteiger partial charge is 0.338 e. The van der Waals surface area contributed by atoms with Crippen LogP contribution in [-0.4, -0.2) is 28.5 Å². The third-order valence-corrected chi connectivity index (χ3v) is 4.01. The molecular formula is C22H22N4O3. The van der Waals surface area contributed by atoms with Crippen LogP contribution in [0, 0.1) is 13.8 Å². The van der Waals surface area contributed by atoms with Crippen LogP contribution in [0.1, 0.15) is 39.0 Å². The summed E-state index contributed by atoms with van der Waals surface area (Å²) in [5.41, 5.74) is 3.82. The minimum Gasteiger partial charge on any atom is -0.462 e. The minimum absolute atomic E-state index is 0.238. The van der Waals surface area contributed by atoms with Crippen LogP contribution in [0.3, 0.4) is 0 Å². The summed E-state index contributed by atoms with van der Waals surface area (Å²) in [7, 11) is 0. The number of amides is 1. The lowest BCUT2D eigenvalue weighted by Crippen LogP contribution is -2.15. The molecule has 0 aliphatic rings. The molecule has 0 saturated carbocycles. The van der Waals surface area contributed by atoms with Crippen molar-refractivity contribution in [3.63, 3.8) is 0 Å². The second-order valence-electron chi connectivity index (χ2n) is 6.46. The van der Waals surface area contributed by atoms with Crippen LogP contribution < -0.4 is 10.6 Å². The van der Waals surface area contributed by atoms with Gasteiger partial charge in [0.15, 0.2) is 0 Å². The number of rotatable bonds is 6. The fourth-order valence-corrected chi connectivity index (χ4v) is 2.69. The fraction of sp³-hybridized carbons (Fsp3) is 0.182. The monoisotopic (exact) mass is 390 g/mol. The zero-order chi connectivity index (χ0) is 20.8. The highest BCUT2D eigenvalue weighted by Gasteiger charge is 2.12. The van der Waals surface area contributed by atoms with Crippen molar-refractivity contribution < 1.29 is 14.3 Å². The highest BCUT2D eigenvalue weighted by atomic mass is 16.5. The number of carbonyl (C=O) groups excluding carboxylic acids is 2. The molecule has 0 aliphatic heterocycles. The summed E-state index contributed by atoms with van der Waals surface area (Å²) in [4.78, 5) is 33.0. The quantitative estimate of drug-likeness (QED) is 0.611. The molecule has 0 aliphatic carbocycles. The van der Waals surface area contributed by atoms with Crippen molar-refractivity contribution in [3.8, 4) is 0 Å². The lowest BCUT2D eigenvalue weighted by atomic mass is 10.2. The van der Waals surface area contributed by atoms with Gasteiger partial charge in [-0.15, -0.1) is 0 Å². The molecule has 0 saturated heterocycles. The van der Waals surface area contributed by atoms with Gasteiger partial charge in [0.1, 0.15) is 5.69 Å². The predicted octanol–water partition coefficient (Wildman–Crippen LogP) is 4.27. The number of nitrogens with zero attached hydrogens (tertiary/aromatic N) is 2. The Hall–Kier alpha value is -3.74. The summed E-state index contributed by atoms with van der Waals surface area (Å²) >= 11 is 0. The number of anilines is 3. The van der Waals surface area contributed by atoms with Gasteiger partial charge in [-0.1, -0.05) is 12.1 Å². The summed E-state index contributed by atoms with van der Waals surface area (Å²) in [5, 5.41) is 5.90. The van der Waals surface area contributed by atoms with E-state index in [0.717, 1.165) is 11.3 Å². The summed E-state index contributed by atoms with van der Waals surface area (Å²) in [5.74, 6) is -0.422. The van der Waals surface area contributed by atoms with Crippen LogP contribution >= 0.6 is 0 Å². The van der Waals surface area contributed by atoms with Crippen molar-refractivity contribution in [1.82, 2.24) is 9.97 Å². The van der Waals surface area contributed by atoms with E-state index in [4.69, 9.17) is 4.74 Å². The first-order valence-corrected chi connectivity index (χ1v) is 9.22. The zero-order valence-corrected chi connectivity index (χ0v) is 16.5. The molecule has 1 amide bonds. The van der Waals surface area contributed by atoms with Gasteiger partial charge in [0, 0.05) is 17.1 Å². The molecular weight excluding hydrogens is 368 g/mol. The van der Waals surface area contributed by atoms with Crippen LogP contribution in [0.4, 0.5) is 17.3 Å². The van der Waals surface area contributed by atoms with Gasteiger partial charge >= 0.3 is 5.97 Å². The van der Waals surface area contributed by atoms with Crippen molar-refractivity contribution in [2.45, 2.75) is 20.8 Å². The van der Waals surface area contributed by atoms with E-state index in [1.165, 1.54) is 0 Å². The summed E-state index contributed by atoms with van der Waals surface area (Å²) in [6, 6.07) is 15.9. The number of hydrogen-bond acceptors (Lipinski definition) is 6. The highest BCUT2D eigenvalue weighted by Crippen LogP contribution is 2.17. The van der Waals surface area contributed by atoms with Crippen LogP contribution in [0.15, 0.2) is 54.6 Å². The van der Waals surface area contributed by atoms with Crippen LogP contribution in [0.5, 0.6) is 0 Å². The molecule has 0 bridgehead atoms. The van der Waals surface area contributed by atoms with E-state index < -0.39 is 5.97 Å². The van der Waals surface area contributed by atoms with E-state index in [9.17, 15) is 9.59 Å². The number of carbonyl (C=O) groups is 2. The van der Waals surface area contributed by atoms with Crippen molar-refractivity contribution in [3.05, 3.63) is 77.1 Å². The molecule has 3 aromatic rings. The molecule has 0 unspecified atom stereocenters. The molecule has 0 radical (unpaired) electrons. The van der Waals surface area contributed by atoms with Gasteiger partial charge in [0.05, 0.1) is 12.2 Å². The SMILES string of the molecule is CCOC(=O)c1ccc(NC(=O)c2cc(C)nc(Nc3cccc(C)c3)n2)cc1. The van der Waals surface area contributed by atoms with E-state index in [1.54, 1.807) is 44.2 Å². The molecule has 1 aromatic heterocycles. The number of hydrogen-bond donors (Lipinski definition) is 2. The lowest BCUT2D eigenvalue weighted by Gasteiger charge is -2.10. The van der Waals surface area contributed by atoms with Crippen molar-refractivity contribution in [1.29, 1.82) is 0 Å². The molecule has 0 spiro atoms. The second kappa shape index (κ2) is 8.97. The Morgan fingerprint density at radius 1 is 0.966 bits per heavy atom. The molecule has 3 rings (SSSR count). The van der Waals surface area contributed by atoms with Gasteiger partial charge in [0.25, 0.3) is 5.91 Å². The summed E-state index contributed by atoms with van der Waals surface area (Å²) < 4.78 is 4.95. The number of nitrogens with one attached hydrogen (secondary N) is 2. The topological polar surface area (TPSA) is 93.2 Å². The Bertz CT molecular complexity index is 1030. The van der Waals surface area contributed by atoms with Gasteiger partial charge in [-0.3, -0.25) is 4.79 Å². The molecule has 7 heteroatoms. The summed E-state index contributed by atoms with van der Waals surface area (Å²) in [6.45, 7) is 5.85. The Labute approximate surface area is 169 Å². The maximum atomic E-state index is 12.6. The van der Waals surface area contributed by atoms with E-state index in [1.807, 2.05) is 31.2 Å². The predicted molar refractivity (Wildman–Crippen MR) is 112 cm³/mol. The third kappa shape index (κ3) is 5.38. The van der Waals surface area contributed by atoms with Crippen LogP contribution in [0.25, 0.3) is 0 Å². The Morgan fingerprint density at radius 3 is 2.41 bits per heavy atom. The van der Waals surface area contributed by atoms with E-state index in [2.05, 4.69) is 20.6 Å². The van der Waals surface area contributed by atoms with Gasteiger partial charge in [-0.25, -0.2) is 14.8 Å². The molecule has 0 fully saturated rings. The fourth-order valence-electron chi connectivity index (χ4n) is 2.69. The number of benzene rings is 2. The van der Waals surface area contributed by atoms with Gasteiger partial charge in [-0.05, 0) is 68.8 Å². The van der Waals surface area contributed by atoms with E-state index in [0.29, 0.717) is 29.5 Å². The lowest BCUT2D eigenvalue weighted by molar-refractivity contribution is 0.0526. The first-order chi connectivity index (χ1) is 13.9. The van der Waals surface area contributed by atoms with Gasteiger partial charge in [-0.2, -0.15) is 0 Å². The molecule has 2 N–H and O–H groups in total. The molecule has 148 valence electrons. The highest BCUT2D eigenvalue weighted by molar-refractivity contribution is 6.03. The normalized spacial score (nSPS) is 10.3. The average Bonchev–Trinajstić information content (AvgIpc) is 2.68. The van der Waals surface area contributed by atoms with E-state index in [-0.39, 0.29) is 11.6 Å². The maximum Gasteiger partial charge on any atom is 0.338 e. The molecule has 1 heterocycles. The second-order valence-corrected chi connectivity index (χ2v) is 6.46. The maximum absolute atomic E-state index is 12.6. The van der Waals surface area contributed by atoms with E-state index >= 15 is 0 Å². The number of ether oxygens (including phenoxy) is 1. The average molecular weight is 390 g/mol. The summed E-state index contributed by atoms with van der Waals surface area (Å²) in [6.07, 6.45) is 0. The standard InChI is InChI=1S/C22H22N4O3/c1-4-29-21(28)16-8-10-17(11-9-16)24-20(27)19-13-15(3)23-22(26-19)25-18-7-5-6-14(2)12-18/h5-13H,4H2,1-3H3,(H,24,27)(H,23,25,26). The van der Waals surface area contributed by atoms with Crippen molar-refractivity contribution in [2.75, 3.05) is 17.2 Å². The largest absolute Gasteiger partial charge is 0.462 e. The Kier molecular flexibility index (Phi) is 6.19. The first-order valence-electron chi connectivity index (χ1n) is 9.22.